The minimum absolute atomic E-state index is 0.140. The molecule has 1 aromatic carbocycles. The van der Waals surface area contributed by atoms with Crippen molar-refractivity contribution >= 4 is 33.5 Å². The van der Waals surface area contributed by atoms with Crippen molar-refractivity contribution in [3.63, 3.8) is 0 Å². The third kappa shape index (κ3) is 2.55. The predicted octanol–water partition coefficient (Wildman–Crippen LogP) is 2.42. The molecule has 0 aliphatic carbocycles. The van der Waals surface area contributed by atoms with Gasteiger partial charge in [-0.15, -0.1) is 0 Å². The Kier molecular flexibility index (Phi) is 3.70. The Morgan fingerprint density at radius 2 is 2.00 bits per heavy atom. The molecule has 2 bridgehead atoms. The van der Waals surface area contributed by atoms with Gasteiger partial charge in [-0.25, -0.2) is 9.97 Å². The van der Waals surface area contributed by atoms with Crippen LogP contribution < -0.4 is 10.2 Å². The van der Waals surface area contributed by atoms with E-state index in [1.54, 1.807) is 11.3 Å². The van der Waals surface area contributed by atoms with Crippen LogP contribution in [0.15, 0.2) is 28.7 Å². The first-order valence-corrected chi connectivity index (χ1v) is 10.7. The molecule has 2 atom stereocenters. The van der Waals surface area contributed by atoms with Crippen LogP contribution in [0.1, 0.15) is 34.1 Å². The first kappa shape index (κ1) is 16.5. The van der Waals surface area contributed by atoms with E-state index in [1.165, 1.54) is 17.7 Å². The topological polar surface area (TPSA) is 74.5 Å². The van der Waals surface area contributed by atoms with Gasteiger partial charge in [-0.1, -0.05) is 23.5 Å². The Morgan fingerprint density at radius 1 is 1.18 bits per heavy atom. The van der Waals surface area contributed by atoms with Crippen LogP contribution in [0.25, 0.3) is 11.1 Å². The number of aromatic nitrogens is 2. The van der Waals surface area contributed by atoms with Crippen molar-refractivity contribution in [3.05, 3.63) is 40.7 Å². The average molecular weight is 395 g/mol. The number of piperazine rings is 1. The predicted molar refractivity (Wildman–Crippen MR) is 107 cm³/mol. The molecule has 144 valence electrons. The zero-order valence-corrected chi connectivity index (χ0v) is 16.2. The van der Waals surface area contributed by atoms with Gasteiger partial charge in [-0.3, -0.25) is 4.79 Å². The van der Waals surface area contributed by atoms with Crippen LogP contribution in [-0.2, 0) is 13.0 Å². The third-order valence-electron chi connectivity index (χ3n) is 6.08. The summed E-state index contributed by atoms with van der Waals surface area (Å²) in [5, 5.41) is 4.66. The van der Waals surface area contributed by atoms with E-state index in [0.717, 1.165) is 35.9 Å². The number of anilines is 1. The maximum Gasteiger partial charge on any atom is 0.310 e. The van der Waals surface area contributed by atoms with E-state index in [1.807, 2.05) is 29.2 Å². The van der Waals surface area contributed by atoms with Crippen LogP contribution in [0.5, 0.6) is 0 Å². The van der Waals surface area contributed by atoms with Gasteiger partial charge >= 0.3 is 5.91 Å². The number of hydrogen-bond acceptors (Lipinski definition) is 7. The third-order valence-corrected chi connectivity index (χ3v) is 7.18. The number of rotatable bonds is 2. The summed E-state index contributed by atoms with van der Waals surface area (Å²) < 4.78 is 5.68. The average Bonchev–Trinajstić information content (AvgIpc) is 3.39. The maximum absolute atomic E-state index is 12.9. The SMILES string of the molecule is O=C(c1nc2ccccc2o1)N1CCc2nc(N3C4CCC3CNC4)sc2C1. The zero-order chi connectivity index (χ0) is 18.7. The molecule has 6 rings (SSSR count). The number of benzene rings is 1. The number of amides is 1. The number of nitrogens with one attached hydrogen (secondary N) is 1. The molecule has 8 heteroatoms. The first-order chi connectivity index (χ1) is 13.8. The zero-order valence-electron chi connectivity index (χ0n) is 15.4. The molecule has 3 aromatic rings. The van der Waals surface area contributed by atoms with Gasteiger partial charge in [0.25, 0.3) is 5.89 Å². The highest BCUT2D eigenvalue weighted by Crippen LogP contribution is 2.38. The van der Waals surface area contributed by atoms with E-state index < -0.39 is 0 Å². The quantitative estimate of drug-likeness (QED) is 0.718. The van der Waals surface area contributed by atoms with E-state index in [-0.39, 0.29) is 11.8 Å². The van der Waals surface area contributed by atoms with Gasteiger partial charge in [0.05, 0.1) is 12.2 Å². The number of hydrogen-bond donors (Lipinski definition) is 1. The summed E-state index contributed by atoms with van der Waals surface area (Å²) >= 11 is 1.75. The molecule has 0 spiro atoms. The highest BCUT2D eigenvalue weighted by Gasteiger charge is 2.39. The lowest BCUT2D eigenvalue weighted by Crippen LogP contribution is -2.51. The van der Waals surface area contributed by atoms with Crippen molar-refractivity contribution < 1.29 is 9.21 Å². The first-order valence-electron chi connectivity index (χ1n) is 9.89. The molecule has 7 nitrogen and oxygen atoms in total. The van der Waals surface area contributed by atoms with Gasteiger partial charge in [-0.2, -0.15) is 0 Å². The van der Waals surface area contributed by atoms with Gasteiger partial charge in [0.15, 0.2) is 10.7 Å². The van der Waals surface area contributed by atoms with Crippen LogP contribution in [0, 0.1) is 0 Å². The summed E-state index contributed by atoms with van der Waals surface area (Å²) in [5.74, 6) is 0.0357. The van der Waals surface area contributed by atoms with Crippen molar-refractivity contribution in [1.29, 1.82) is 0 Å². The lowest BCUT2D eigenvalue weighted by molar-refractivity contribution is 0.0698. The second kappa shape index (κ2) is 6.28. The van der Waals surface area contributed by atoms with Gasteiger partial charge < -0.3 is 19.5 Å². The number of para-hydroxylation sites is 2. The number of carbonyl (C=O) groups excluding carboxylic acids is 1. The van der Waals surface area contributed by atoms with Crippen molar-refractivity contribution in [2.24, 2.45) is 0 Å². The second-order valence-electron chi connectivity index (χ2n) is 7.78. The fourth-order valence-corrected chi connectivity index (χ4v) is 5.92. The molecule has 3 aliphatic heterocycles. The van der Waals surface area contributed by atoms with Gasteiger partial charge in [-0.05, 0) is 25.0 Å². The van der Waals surface area contributed by atoms with E-state index in [2.05, 4.69) is 15.2 Å². The van der Waals surface area contributed by atoms with Crippen molar-refractivity contribution in [3.8, 4) is 0 Å². The number of nitrogens with zero attached hydrogens (tertiary/aromatic N) is 4. The summed E-state index contributed by atoms with van der Waals surface area (Å²) in [6, 6.07) is 8.60. The highest BCUT2D eigenvalue weighted by atomic mass is 32.1. The van der Waals surface area contributed by atoms with Crippen LogP contribution >= 0.6 is 11.3 Å². The molecule has 0 radical (unpaired) electrons. The molecule has 28 heavy (non-hydrogen) atoms. The molecule has 1 amide bonds. The molecule has 3 aliphatic rings. The lowest BCUT2D eigenvalue weighted by Gasteiger charge is -2.35. The fraction of sp³-hybridized carbons (Fsp3) is 0.450. The Morgan fingerprint density at radius 3 is 2.82 bits per heavy atom. The summed E-state index contributed by atoms with van der Waals surface area (Å²) in [6.07, 6.45) is 3.27. The number of thiazole rings is 1. The van der Waals surface area contributed by atoms with E-state index in [9.17, 15) is 4.79 Å². The monoisotopic (exact) mass is 395 g/mol. The lowest BCUT2D eigenvalue weighted by atomic mass is 10.2. The summed E-state index contributed by atoms with van der Waals surface area (Å²) in [5.41, 5.74) is 2.52. The maximum atomic E-state index is 12.9. The molecular weight excluding hydrogens is 374 g/mol. The minimum atomic E-state index is -0.140. The molecular formula is C20H21N5O2S. The molecule has 2 saturated heterocycles. The molecule has 1 N–H and O–H groups in total. The number of fused-ring (bicyclic) bond motifs is 4. The summed E-state index contributed by atoms with van der Waals surface area (Å²) in [7, 11) is 0. The van der Waals surface area contributed by atoms with Crippen molar-refractivity contribution in [2.75, 3.05) is 24.5 Å². The molecule has 0 saturated carbocycles. The molecule has 2 unspecified atom stereocenters. The molecule has 2 fully saturated rings. The number of carbonyl (C=O) groups is 1. The Labute approximate surface area is 166 Å². The number of oxazole rings is 1. The van der Waals surface area contributed by atoms with Gasteiger partial charge in [0.2, 0.25) is 0 Å². The Balaban J connectivity index is 1.25. The normalized spacial score (nSPS) is 24.0. The summed E-state index contributed by atoms with van der Waals surface area (Å²) in [6.45, 7) is 3.33. The van der Waals surface area contributed by atoms with Crippen LogP contribution in [-0.4, -0.2) is 52.5 Å². The van der Waals surface area contributed by atoms with Crippen molar-refractivity contribution in [1.82, 2.24) is 20.2 Å². The largest absolute Gasteiger partial charge is 0.432 e. The Bertz CT molecular complexity index is 1010. The van der Waals surface area contributed by atoms with Crippen LogP contribution in [0.4, 0.5) is 5.13 Å². The molecule has 2 aromatic heterocycles. The second-order valence-corrected chi connectivity index (χ2v) is 8.84. The minimum Gasteiger partial charge on any atom is -0.432 e. The van der Waals surface area contributed by atoms with Crippen LogP contribution in [0.2, 0.25) is 0 Å². The van der Waals surface area contributed by atoms with E-state index in [0.29, 0.717) is 30.8 Å². The van der Waals surface area contributed by atoms with Crippen LogP contribution in [0.3, 0.4) is 0 Å². The van der Waals surface area contributed by atoms with E-state index >= 15 is 0 Å². The standard InChI is InChI=1S/C20H21N5O2S/c26-19(18-22-14-3-1-2-4-16(14)27-18)24-8-7-15-17(11-24)28-20(23-15)25-12-5-6-13(25)10-21-9-12/h1-4,12-13,21H,5-11H2. The van der Waals surface area contributed by atoms with Gasteiger partial charge in [0, 0.05) is 43.0 Å². The van der Waals surface area contributed by atoms with E-state index in [4.69, 9.17) is 9.40 Å². The molecule has 5 heterocycles. The summed E-state index contributed by atoms with van der Waals surface area (Å²) in [4.78, 5) is 27.8. The highest BCUT2D eigenvalue weighted by molar-refractivity contribution is 7.15. The smallest absolute Gasteiger partial charge is 0.310 e. The van der Waals surface area contributed by atoms with Crippen molar-refractivity contribution in [2.45, 2.75) is 37.9 Å². The Hall–Kier alpha value is -2.45. The fourth-order valence-electron chi connectivity index (χ4n) is 4.66. The van der Waals surface area contributed by atoms with Gasteiger partial charge in [0.1, 0.15) is 5.52 Å².